The van der Waals surface area contributed by atoms with Gasteiger partial charge in [0.1, 0.15) is 3.70 Å². The second-order valence-corrected chi connectivity index (χ2v) is 3.88. The highest BCUT2D eigenvalue weighted by molar-refractivity contribution is 14.1. The Morgan fingerprint density at radius 1 is 1.38 bits per heavy atom. The zero-order valence-electron chi connectivity index (χ0n) is 7.65. The first kappa shape index (κ1) is 13.6. The molecular weight excluding hydrogens is 346 g/mol. The van der Waals surface area contributed by atoms with Gasteiger partial charge < -0.3 is 5.73 Å². The van der Waals surface area contributed by atoms with E-state index in [4.69, 9.17) is 5.73 Å². The summed E-state index contributed by atoms with van der Waals surface area (Å²) in [7, 11) is 0. The third-order valence-corrected chi connectivity index (χ3v) is 2.71. The first-order valence-electron chi connectivity index (χ1n) is 4.01. The predicted octanol–water partition coefficient (Wildman–Crippen LogP) is 3.10. The quantitative estimate of drug-likeness (QED) is 0.505. The van der Waals surface area contributed by atoms with Gasteiger partial charge in [0.05, 0.1) is 5.56 Å². The lowest BCUT2D eigenvalue weighted by Crippen LogP contribution is -2.17. The third-order valence-electron chi connectivity index (χ3n) is 1.90. The molecule has 0 aliphatic rings. The van der Waals surface area contributed by atoms with Crippen molar-refractivity contribution in [3.63, 3.8) is 0 Å². The van der Waals surface area contributed by atoms with Crippen LogP contribution in [0.15, 0.2) is 6.20 Å². The van der Waals surface area contributed by atoms with E-state index in [-0.39, 0.29) is 3.70 Å². The molecule has 2 N–H and O–H groups in total. The van der Waals surface area contributed by atoms with Crippen LogP contribution in [-0.2, 0) is 12.7 Å². The fourth-order valence-corrected chi connectivity index (χ4v) is 2.00. The molecule has 2 nitrogen and oxygen atoms in total. The molecule has 0 aliphatic heterocycles. The van der Waals surface area contributed by atoms with Crippen molar-refractivity contribution in [1.82, 2.24) is 4.98 Å². The monoisotopic (exact) mass is 352 g/mol. The van der Waals surface area contributed by atoms with Crippen molar-refractivity contribution in [1.29, 1.82) is 0 Å². The molecule has 1 rings (SSSR count). The van der Waals surface area contributed by atoms with E-state index < -0.39 is 35.8 Å². The van der Waals surface area contributed by atoms with Gasteiger partial charge in [-0.15, -0.1) is 0 Å². The summed E-state index contributed by atoms with van der Waals surface area (Å²) in [6.07, 6.45) is -7.03. The Hall–Kier alpha value is -0.510. The Morgan fingerprint density at radius 3 is 2.31 bits per heavy atom. The summed E-state index contributed by atoms with van der Waals surface area (Å²) >= 11 is 1.34. The van der Waals surface area contributed by atoms with Gasteiger partial charge in [0.2, 0.25) is 0 Å². The Balaban J connectivity index is 3.51. The van der Waals surface area contributed by atoms with Crippen molar-refractivity contribution in [2.75, 3.05) is 0 Å². The number of halogens is 6. The van der Waals surface area contributed by atoms with Crippen LogP contribution >= 0.6 is 22.6 Å². The maximum Gasteiger partial charge on any atom is 0.419 e. The number of nitrogens with two attached hydrogens (primary N) is 1. The van der Waals surface area contributed by atoms with E-state index in [2.05, 4.69) is 4.98 Å². The summed E-state index contributed by atoms with van der Waals surface area (Å²) in [6, 6.07) is 0. The number of hydrogen-bond donors (Lipinski definition) is 1. The predicted molar refractivity (Wildman–Crippen MR) is 54.8 cm³/mol. The Labute approximate surface area is 101 Å². The fourth-order valence-electron chi connectivity index (χ4n) is 1.23. The van der Waals surface area contributed by atoms with Crippen LogP contribution in [0.2, 0.25) is 0 Å². The van der Waals surface area contributed by atoms with E-state index in [1.54, 1.807) is 0 Å². The summed E-state index contributed by atoms with van der Waals surface area (Å²) < 4.78 is 62.3. The fraction of sp³-hybridized carbons (Fsp3) is 0.375. The highest BCUT2D eigenvalue weighted by Gasteiger charge is 2.38. The number of rotatable bonds is 2. The van der Waals surface area contributed by atoms with Gasteiger partial charge in [-0.2, -0.15) is 13.2 Å². The van der Waals surface area contributed by atoms with E-state index in [1.165, 1.54) is 22.6 Å². The number of pyridine rings is 1. The smallest absolute Gasteiger partial charge is 0.326 e. The van der Waals surface area contributed by atoms with Crippen LogP contribution in [0.1, 0.15) is 23.1 Å². The number of alkyl halides is 5. The standard InChI is InChI=1S/C8H6F5IN2/c9-6(10)4-2-16-7(14)5(3(4)1-15)8(11,12)13/h2,6H,1,15H2. The largest absolute Gasteiger partial charge is 0.419 e. The van der Waals surface area contributed by atoms with Gasteiger partial charge >= 0.3 is 6.18 Å². The van der Waals surface area contributed by atoms with Crippen molar-refractivity contribution in [3.05, 3.63) is 26.6 Å². The second kappa shape index (κ2) is 4.78. The molecular formula is C8H6F5IN2. The van der Waals surface area contributed by atoms with Gasteiger partial charge in [-0.25, -0.2) is 13.8 Å². The van der Waals surface area contributed by atoms with Crippen molar-refractivity contribution >= 4 is 22.6 Å². The van der Waals surface area contributed by atoms with Gasteiger partial charge in [-0.1, -0.05) is 0 Å². The van der Waals surface area contributed by atoms with Crippen LogP contribution in [0.4, 0.5) is 22.0 Å². The van der Waals surface area contributed by atoms with Gasteiger partial charge in [0.15, 0.2) is 0 Å². The molecule has 1 heterocycles. The minimum atomic E-state index is -4.73. The van der Waals surface area contributed by atoms with Crippen LogP contribution < -0.4 is 5.73 Å². The molecule has 0 saturated carbocycles. The highest BCUT2D eigenvalue weighted by Crippen LogP contribution is 2.37. The topological polar surface area (TPSA) is 38.9 Å². The molecule has 16 heavy (non-hydrogen) atoms. The van der Waals surface area contributed by atoms with Crippen molar-refractivity contribution in [3.8, 4) is 0 Å². The summed E-state index contributed by atoms with van der Waals surface area (Å²) in [6.45, 7) is -0.604. The SMILES string of the molecule is NCc1c(C(F)F)cnc(I)c1C(F)(F)F. The summed E-state index contributed by atoms with van der Waals surface area (Å²) in [4.78, 5) is 3.31. The van der Waals surface area contributed by atoms with Crippen LogP contribution in [-0.4, -0.2) is 4.98 Å². The number of nitrogens with zero attached hydrogens (tertiary/aromatic N) is 1. The molecule has 0 spiro atoms. The Morgan fingerprint density at radius 2 is 1.94 bits per heavy atom. The molecule has 0 unspecified atom stereocenters. The van der Waals surface area contributed by atoms with E-state index >= 15 is 0 Å². The maximum absolute atomic E-state index is 12.6. The molecule has 1 aromatic rings. The molecule has 0 saturated heterocycles. The average Bonchev–Trinajstić information content (AvgIpc) is 2.14. The highest BCUT2D eigenvalue weighted by atomic mass is 127. The lowest BCUT2D eigenvalue weighted by molar-refractivity contribution is -0.139. The zero-order valence-corrected chi connectivity index (χ0v) is 9.81. The molecule has 0 radical (unpaired) electrons. The van der Waals surface area contributed by atoms with Gasteiger partial charge in [0, 0.05) is 18.3 Å². The lowest BCUT2D eigenvalue weighted by Gasteiger charge is -2.16. The van der Waals surface area contributed by atoms with E-state index in [0.29, 0.717) is 0 Å². The van der Waals surface area contributed by atoms with Crippen LogP contribution in [0.3, 0.4) is 0 Å². The average molecular weight is 352 g/mol. The molecule has 1 aromatic heterocycles. The van der Waals surface area contributed by atoms with Crippen LogP contribution in [0.25, 0.3) is 0 Å². The first-order valence-corrected chi connectivity index (χ1v) is 5.09. The van der Waals surface area contributed by atoms with Crippen LogP contribution in [0.5, 0.6) is 0 Å². The van der Waals surface area contributed by atoms with Crippen molar-refractivity contribution < 1.29 is 22.0 Å². The van der Waals surface area contributed by atoms with Gasteiger partial charge in [0.25, 0.3) is 6.43 Å². The van der Waals surface area contributed by atoms with E-state index in [1.807, 2.05) is 0 Å². The molecule has 0 fully saturated rings. The minimum absolute atomic E-state index is 0.380. The Kier molecular flexibility index (Phi) is 4.05. The maximum atomic E-state index is 12.6. The Bertz CT molecular complexity index is 391. The van der Waals surface area contributed by atoms with Crippen LogP contribution in [0, 0.1) is 3.70 Å². The number of aromatic nitrogens is 1. The van der Waals surface area contributed by atoms with E-state index in [0.717, 1.165) is 6.20 Å². The molecule has 0 amide bonds. The summed E-state index contributed by atoms with van der Waals surface area (Å²) in [5, 5.41) is 0. The molecule has 0 aliphatic carbocycles. The summed E-state index contributed by atoms with van der Waals surface area (Å²) in [5.74, 6) is 0. The first-order chi connectivity index (χ1) is 7.29. The normalized spacial score (nSPS) is 12.2. The lowest BCUT2D eigenvalue weighted by atomic mass is 10.0. The van der Waals surface area contributed by atoms with Gasteiger partial charge in [-0.3, -0.25) is 0 Å². The van der Waals surface area contributed by atoms with E-state index in [9.17, 15) is 22.0 Å². The van der Waals surface area contributed by atoms with Crippen molar-refractivity contribution in [2.45, 2.75) is 19.1 Å². The molecule has 0 atom stereocenters. The molecule has 0 bridgehead atoms. The van der Waals surface area contributed by atoms with Gasteiger partial charge in [-0.05, 0) is 28.2 Å². The molecule has 90 valence electrons. The third kappa shape index (κ3) is 2.59. The summed E-state index contributed by atoms with van der Waals surface area (Å²) in [5.41, 5.74) is 2.55. The number of hydrogen-bond acceptors (Lipinski definition) is 2. The molecule has 0 aromatic carbocycles. The second-order valence-electron chi connectivity index (χ2n) is 2.86. The zero-order chi connectivity index (χ0) is 12.5. The van der Waals surface area contributed by atoms with Crippen molar-refractivity contribution in [2.24, 2.45) is 5.73 Å². The minimum Gasteiger partial charge on any atom is -0.326 e. The molecule has 8 heteroatoms.